The summed E-state index contributed by atoms with van der Waals surface area (Å²) in [6.45, 7) is 12.5. The van der Waals surface area contributed by atoms with Crippen LogP contribution in [-0.2, 0) is 16.8 Å². The molecule has 178 valence electrons. The molecule has 2 amide bonds. The maximum Gasteiger partial charge on any atom is 0.277 e. The summed E-state index contributed by atoms with van der Waals surface area (Å²) >= 11 is 0. The van der Waals surface area contributed by atoms with Crippen LogP contribution in [0.25, 0.3) is 0 Å². The van der Waals surface area contributed by atoms with Gasteiger partial charge in [-0.1, -0.05) is 52.5 Å². The highest BCUT2D eigenvalue weighted by molar-refractivity contribution is 6.12. The SMILES string of the molecule is Cc1cc(C)cc(N2C(=O)c3cc(C(C)(C)C)nn3CC2(C)C(=O)NC2CCCCCC2)c1. The summed E-state index contributed by atoms with van der Waals surface area (Å²) in [4.78, 5) is 29.5. The minimum Gasteiger partial charge on any atom is -0.351 e. The molecule has 1 aliphatic heterocycles. The Morgan fingerprint density at radius 1 is 1.03 bits per heavy atom. The largest absolute Gasteiger partial charge is 0.351 e. The number of fused-ring (bicyclic) bond motifs is 1. The Balaban J connectivity index is 1.78. The molecule has 1 fully saturated rings. The molecule has 1 aliphatic carbocycles. The van der Waals surface area contributed by atoms with E-state index in [1.54, 1.807) is 9.58 Å². The van der Waals surface area contributed by atoms with Crippen LogP contribution in [0.2, 0.25) is 0 Å². The van der Waals surface area contributed by atoms with Gasteiger partial charge in [0.25, 0.3) is 5.91 Å². The third-order valence-corrected chi connectivity index (χ3v) is 7.07. The second-order valence-corrected chi connectivity index (χ2v) is 11.2. The average molecular weight is 451 g/mol. The molecule has 0 bridgehead atoms. The molecule has 4 rings (SSSR count). The summed E-state index contributed by atoms with van der Waals surface area (Å²) in [5.74, 6) is -0.270. The zero-order chi connectivity index (χ0) is 24.0. The van der Waals surface area contributed by atoms with E-state index >= 15 is 0 Å². The standard InChI is InChI=1S/C27H38N4O2/c1-18-13-19(2)15-21(14-18)31-24(32)22-16-23(26(3,4)5)29-30(22)17-27(31,6)25(33)28-20-11-9-7-8-10-12-20/h13-16,20H,7-12,17H2,1-6H3,(H,28,33). The van der Waals surface area contributed by atoms with Gasteiger partial charge in [0.05, 0.1) is 12.2 Å². The molecule has 1 aromatic heterocycles. The Hall–Kier alpha value is -2.63. The third-order valence-electron chi connectivity index (χ3n) is 7.07. The lowest BCUT2D eigenvalue weighted by Gasteiger charge is -2.44. The highest BCUT2D eigenvalue weighted by atomic mass is 16.2. The van der Waals surface area contributed by atoms with Crippen molar-refractivity contribution in [1.82, 2.24) is 15.1 Å². The summed E-state index contributed by atoms with van der Waals surface area (Å²) in [7, 11) is 0. The first kappa shape index (κ1) is 23.5. The fraction of sp³-hybridized carbons (Fsp3) is 0.593. The van der Waals surface area contributed by atoms with Crippen molar-refractivity contribution < 1.29 is 9.59 Å². The molecular formula is C27H38N4O2. The zero-order valence-electron chi connectivity index (χ0n) is 21.0. The number of benzene rings is 1. The molecule has 1 unspecified atom stereocenters. The number of hydrogen-bond acceptors (Lipinski definition) is 3. The average Bonchev–Trinajstić information content (AvgIpc) is 2.98. The van der Waals surface area contributed by atoms with Gasteiger partial charge in [0, 0.05) is 17.1 Å². The van der Waals surface area contributed by atoms with Crippen molar-refractivity contribution in [3.8, 4) is 0 Å². The van der Waals surface area contributed by atoms with Gasteiger partial charge < -0.3 is 5.32 Å². The molecule has 33 heavy (non-hydrogen) atoms. The number of nitrogens with zero attached hydrogens (tertiary/aromatic N) is 3. The van der Waals surface area contributed by atoms with E-state index in [1.807, 2.05) is 39.0 Å². The second-order valence-electron chi connectivity index (χ2n) is 11.2. The molecule has 0 radical (unpaired) electrons. The van der Waals surface area contributed by atoms with Gasteiger partial charge in [0.2, 0.25) is 5.91 Å². The topological polar surface area (TPSA) is 67.2 Å². The Morgan fingerprint density at radius 3 is 2.21 bits per heavy atom. The van der Waals surface area contributed by atoms with Crippen LogP contribution in [-0.4, -0.2) is 33.2 Å². The third kappa shape index (κ3) is 4.57. The molecule has 1 aromatic carbocycles. The number of anilines is 1. The van der Waals surface area contributed by atoms with Crippen LogP contribution in [0.1, 0.15) is 93.5 Å². The smallest absolute Gasteiger partial charge is 0.277 e. The van der Waals surface area contributed by atoms with Crippen LogP contribution in [0.4, 0.5) is 5.69 Å². The molecule has 2 aromatic rings. The van der Waals surface area contributed by atoms with Crippen LogP contribution in [0.5, 0.6) is 0 Å². The van der Waals surface area contributed by atoms with Crippen LogP contribution in [0.15, 0.2) is 24.3 Å². The van der Waals surface area contributed by atoms with E-state index in [0.717, 1.165) is 48.2 Å². The molecule has 0 spiro atoms. The molecule has 6 nitrogen and oxygen atoms in total. The Bertz CT molecular complexity index is 1040. The molecule has 0 saturated heterocycles. The minimum atomic E-state index is -1.07. The van der Waals surface area contributed by atoms with Crippen molar-refractivity contribution in [2.75, 3.05) is 4.90 Å². The monoisotopic (exact) mass is 450 g/mol. The predicted molar refractivity (Wildman–Crippen MR) is 132 cm³/mol. The quantitative estimate of drug-likeness (QED) is 0.665. The summed E-state index contributed by atoms with van der Waals surface area (Å²) < 4.78 is 1.74. The van der Waals surface area contributed by atoms with Crippen LogP contribution in [0.3, 0.4) is 0 Å². The molecular weight excluding hydrogens is 412 g/mol. The number of carbonyl (C=O) groups is 2. The number of carbonyl (C=O) groups excluding carboxylic acids is 2. The maximum absolute atomic E-state index is 13.9. The lowest BCUT2D eigenvalue weighted by atomic mass is 9.91. The van der Waals surface area contributed by atoms with Crippen LogP contribution in [0, 0.1) is 13.8 Å². The highest BCUT2D eigenvalue weighted by Crippen LogP contribution is 2.35. The first-order valence-electron chi connectivity index (χ1n) is 12.3. The van der Waals surface area contributed by atoms with E-state index < -0.39 is 5.54 Å². The summed E-state index contributed by atoms with van der Waals surface area (Å²) in [5, 5.41) is 8.08. The Morgan fingerprint density at radius 2 is 1.64 bits per heavy atom. The van der Waals surface area contributed by atoms with Crippen LogP contribution >= 0.6 is 0 Å². The van der Waals surface area contributed by atoms with Crippen molar-refractivity contribution in [3.05, 3.63) is 46.8 Å². The lowest BCUT2D eigenvalue weighted by molar-refractivity contribution is -0.127. The van der Waals surface area contributed by atoms with Crippen molar-refractivity contribution >= 4 is 17.5 Å². The fourth-order valence-corrected chi connectivity index (χ4v) is 5.20. The number of hydrogen-bond donors (Lipinski definition) is 1. The number of aryl methyl sites for hydroxylation is 2. The van der Waals surface area contributed by atoms with Gasteiger partial charge >= 0.3 is 0 Å². The summed E-state index contributed by atoms with van der Waals surface area (Å²) in [6.07, 6.45) is 6.73. The number of nitrogens with one attached hydrogen (secondary N) is 1. The zero-order valence-corrected chi connectivity index (χ0v) is 21.0. The minimum absolute atomic E-state index is 0.0969. The molecule has 2 aliphatic rings. The molecule has 1 atom stereocenters. The number of aromatic nitrogens is 2. The summed E-state index contributed by atoms with van der Waals surface area (Å²) in [5.41, 5.74) is 3.04. The lowest BCUT2D eigenvalue weighted by Crippen LogP contribution is -2.65. The Kier molecular flexibility index (Phi) is 6.14. The van der Waals surface area contributed by atoms with E-state index in [0.29, 0.717) is 12.2 Å². The van der Waals surface area contributed by atoms with Crippen molar-refractivity contribution in [2.24, 2.45) is 0 Å². The van der Waals surface area contributed by atoms with E-state index in [4.69, 9.17) is 5.10 Å². The van der Waals surface area contributed by atoms with E-state index in [9.17, 15) is 9.59 Å². The first-order chi connectivity index (χ1) is 15.5. The second kappa shape index (κ2) is 8.62. The van der Waals surface area contributed by atoms with E-state index in [1.165, 1.54) is 12.8 Å². The maximum atomic E-state index is 13.9. The van der Waals surface area contributed by atoms with Crippen LogP contribution < -0.4 is 10.2 Å². The highest BCUT2D eigenvalue weighted by Gasteiger charge is 2.49. The fourth-order valence-electron chi connectivity index (χ4n) is 5.20. The normalized spacial score (nSPS) is 22.1. The van der Waals surface area contributed by atoms with Gasteiger partial charge in [-0.05, 0) is 62.9 Å². The van der Waals surface area contributed by atoms with Crippen molar-refractivity contribution in [2.45, 2.75) is 104 Å². The van der Waals surface area contributed by atoms with Gasteiger partial charge in [-0.3, -0.25) is 19.2 Å². The predicted octanol–water partition coefficient (Wildman–Crippen LogP) is 5.06. The van der Waals surface area contributed by atoms with Crippen molar-refractivity contribution in [3.63, 3.8) is 0 Å². The van der Waals surface area contributed by atoms with Gasteiger partial charge in [-0.15, -0.1) is 0 Å². The van der Waals surface area contributed by atoms with E-state index in [-0.39, 0.29) is 23.3 Å². The van der Waals surface area contributed by atoms with E-state index in [2.05, 4.69) is 32.2 Å². The molecule has 6 heteroatoms. The van der Waals surface area contributed by atoms with Gasteiger partial charge in [0.1, 0.15) is 11.2 Å². The Labute approximate surface area is 197 Å². The molecule has 1 saturated carbocycles. The summed E-state index contributed by atoms with van der Waals surface area (Å²) in [6, 6.07) is 8.14. The van der Waals surface area contributed by atoms with Crippen molar-refractivity contribution in [1.29, 1.82) is 0 Å². The number of amides is 2. The first-order valence-corrected chi connectivity index (χ1v) is 12.3. The number of rotatable bonds is 3. The molecule has 2 heterocycles. The molecule has 1 N–H and O–H groups in total. The van der Waals surface area contributed by atoms with Gasteiger partial charge in [-0.2, -0.15) is 5.10 Å². The van der Waals surface area contributed by atoms with Gasteiger partial charge in [0.15, 0.2) is 0 Å². The van der Waals surface area contributed by atoms with Gasteiger partial charge in [-0.25, -0.2) is 0 Å².